The second-order valence-electron chi connectivity index (χ2n) is 4.89. The number of ketones is 1. The summed E-state index contributed by atoms with van der Waals surface area (Å²) in [5, 5.41) is 0. The molecule has 0 saturated carbocycles. The Kier molecular flexibility index (Phi) is 9.27. The zero-order valence-electron chi connectivity index (χ0n) is 9.59. The van der Waals surface area contributed by atoms with Gasteiger partial charge in [-0.3, -0.25) is 6.29 Å². The second-order valence-corrected chi connectivity index (χ2v) is 4.89. The van der Waals surface area contributed by atoms with Crippen LogP contribution in [-0.2, 0) is 42.3 Å². The number of Topliss-reactive ketones (excluding diaryl/α,β-unsaturated/α-hetero) is 1. The third-order valence-corrected chi connectivity index (χ3v) is 1.85. The molecule has 0 aliphatic heterocycles. The Labute approximate surface area is 112 Å². The van der Waals surface area contributed by atoms with Gasteiger partial charge in [0.05, 0.1) is 0 Å². The maximum Gasteiger partial charge on any atom is 0.130 e. The predicted octanol–water partition coefficient (Wildman–Crippen LogP) is 2.52. The summed E-state index contributed by atoms with van der Waals surface area (Å²) in [5.41, 5.74) is 0.178. The second kappa shape index (κ2) is 7.70. The van der Waals surface area contributed by atoms with Gasteiger partial charge in [-0.1, -0.05) is 26.7 Å². The Balaban J connectivity index is 0. The summed E-state index contributed by atoms with van der Waals surface area (Å²) < 4.78 is 0. The average Bonchev–Trinajstić information content (AvgIpc) is 1.81. The molecule has 2 nitrogen and oxygen atoms in total. The van der Waals surface area contributed by atoms with Gasteiger partial charge in [-0.05, 0) is 18.8 Å². The Bertz CT molecular complexity index is 182. The topological polar surface area (TPSA) is 34.1 Å². The van der Waals surface area contributed by atoms with Crippen molar-refractivity contribution < 1.29 is 42.3 Å². The van der Waals surface area contributed by atoms with Crippen LogP contribution >= 0.6 is 0 Å². The molecule has 0 aromatic heterocycles. The number of hydrogen-bond donors (Lipinski definition) is 0. The number of carbonyl (C=O) groups excluding carboxylic acids is 2. The summed E-state index contributed by atoms with van der Waals surface area (Å²) in [6, 6.07) is 0. The van der Waals surface area contributed by atoms with Gasteiger partial charge < -0.3 is 9.59 Å². The summed E-state index contributed by atoms with van der Waals surface area (Å²) in [4.78, 5) is 21.1. The van der Waals surface area contributed by atoms with Crippen LogP contribution in [0.4, 0.5) is 0 Å². The van der Waals surface area contributed by atoms with Crippen LogP contribution in [0.5, 0.6) is 0 Å². The van der Waals surface area contributed by atoms with E-state index in [0.717, 1.165) is 6.42 Å². The van der Waals surface area contributed by atoms with Crippen molar-refractivity contribution in [3.8, 4) is 0 Å². The van der Waals surface area contributed by atoms with Gasteiger partial charge in [-0.15, -0.1) is 6.42 Å². The van der Waals surface area contributed by atoms with Crippen LogP contribution in [0.1, 0.15) is 47.0 Å². The maximum atomic E-state index is 10.9. The van der Waals surface area contributed by atoms with E-state index in [1.807, 2.05) is 6.29 Å². The first-order valence-electron chi connectivity index (χ1n) is 4.69. The Hall–Kier alpha value is 0.444. The molecule has 0 aromatic rings. The molecular weight excluding hydrogens is 253 g/mol. The van der Waals surface area contributed by atoms with Crippen molar-refractivity contribution in [2.24, 2.45) is 11.3 Å². The molecule has 0 aromatic carbocycles. The van der Waals surface area contributed by atoms with E-state index in [1.54, 1.807) is 6.92 Å². The standard InChI is InChI=1S/C11H19O2.Y/c1-9(13)7-10(5-6-12)8-11(2,3)4;/h10H,5,7-8H2,1-4H3;/q-1;. The van der Waals surface area contributed by atoms with E-state index in [1.165, 1.54) is 0 Å². The van der Waals surface area contributed by atoms with E-state index in [2.05, 4.69) is 20.8 Å². The largest absolute Gasteiger partial charge is 0.542 e. The average molecular weight is 272 g/mol. The zero-order chi connectivity index (χ0) is 10.5. The van der Waals surface area contributed by atoms with E-state index in [0.29, 0.717) is 12.8 Å². The van der Waals surface area contributed by atoms with E-state index in [-0.39, 0.29) is 49.8 Å². The van der Waals surface area contributed by atoms with Crippen molar-refractivity contribution in [2.45, 2.75) is 47.0 Å². The van der Waals surface area contributed by atoms with E-state index in [4.69, 9.17) is 0 Å². The molecule has 1 radical (unpaired) electrons. The summed E-state index contributed by atoms with van der Waals surface area (Å²) in [5.74, 6) is 0.333. The molecule has 0 rings (SSSR count). The van der Waals surface area contributed by atoms with Gasteiger partial charge in [0.25, 0.3) is 0 Å². The van der Waals surface area contributed by atoms with Gasteiger partial charge in [0.1, 0.15) is 5.78 Å². The predicted molar refractivity (Wildman–Crippen MR) is 53.2 cm³/mol. The van der Waals surface area contributed by atoms with Crippen LogP contribution in [-0.4, -0.2) is 12.1 Å². The first-order valence-corrected chi connectivity index (χ1v) is 4.69. The molecule has 0 aliphatic rings. The van der Waals surface area contributed by atoms with Gasteiger partial charge in [0, 0.05) is 39.1 Å². The van der Waals surface area contributed by atoms with E-state index < -0.39 is 0 Å². The minimum absolute atomic E-state index is 0. The molecular formula is C11H19O2Y-. The van der Waals surface area contributed by atoms with E-state index in [9.17, 15) is 9.59 Å². The first kappa shape index (κ1) is 16.9. The normalized spacial score (nSPS) is 12.9. The fourth-order valence-corrected chi connectivity index (χ4v) is 1.61. The summed E-state index contributed by atoms with van der Waals surface area (Å²) in [6.07, 6.45) is 3.69. The van der Waals surface area contributed by atoms with Crippen LogP contribution in [0.25, 0.3) is 0 Å². The molecule has 14 heavy (non-hydrogen) atoms. The first-order chi connectivity index (χ1) is 5.85. The smallest absolute Gasteiger partial charge is 0.130 e. The van der Waals surface area contributed by atoms with Crippen molar-refractivity contribution in [3.63, 3.8) is 0 Å². The fraction of sp³-hybridized carbons (Fsp3) is 0.818. The minimum Gasteiger partial charge on any atom is -0.542 e. The van der Waals surface area contributed by atoms with Crippen LogP contribution in [0.2, 0.25) is 0 Å². The Morgan fingerprint density at radius 3 is 2.14 bits per heavy atom. The van der Waals surface area contributed by atoms with Crippen LogP contribution in [0.15, 0.2) is 0 Å². The van der Waals surface area contributed by atoms with Crippen molar-refractivity contribution in [3.05, 3.63) is 0 Å². The van der Waals surface area contributed by atoms with Crippen molar-refractivity contribution >= 4 is 12.1 Å². The molecule has 0 aliphatic carbocycles. The third-order valence-electron chi connectivity index (χ3n) is 1.85. The quantitative estimate of drug-likeness (QED) is 0.721. The fourth-order valence-electron chi connectivity index (χ4n) is 1.61. The number of hydrogen-bond acceptors (Lipinski definition) is 2. The molecule has 1 unspecified atom stereocenters. The van der Waals surface area contributed by atoms with Crippen LogP contribution < -0.4 is 0 Å². The molecule has 0 N–H and O–H groups in total. The SMILES string of the molecule is CC(=O)CC(C[C-]=O)CC(C)(C)C.[Y]. The molecule has 1 atom stereocenters. The molecule has 0 spiro atoms. The molecule has 0 fully saturated rings. The summed E-state index contributed by atoms with van der Waals surface area (Å²) >= 11 is 0. The van der Waals surface area contributed by atoms with Gasteiger partial charge in [0.15, 0.2) is 0 Å². The molecule has 3 heteroatoms. The van der Waals surface area contributed by atoms with Crippen molar-refractivity contribution in [2.75, 3.05) is 0 Å². The van der Waals surface area contributed by atoms with Crippen molar-refractivity contribution in [1.82, 2.24) is 0 Å². The number of rotatable bonds is 5. The Morgan fingerprint density at radius 2 is 1.86 bits per heavy atom. The molecule has 0 bridgehead atoms. The van der Waals surface area contributed by atoms with Gasteiger partial charge in [0.2, 0.25) is 0 Å². The monoisotopic (exact) mass is 272 g/mol. The minimum atomic E-state index is 0. The van der Waals surface area contributed by atoms with Crippen LogP contribution in [0, 0.1) is 11.3 Å². The van der Waals surface area contributed by atoms with Gasteiger partial charge >= 0.3 is 0 Å². The van der Waals surface area contributed by atoms with E-state index >= 15 is 0 Å². The number of carbonyl (C=O) groups is 1. The zero-order valence-corrected chi connectivity index (χ0v) is 12.4. The van der Waals surface area contributed by atoms with Crippen molar-refractivity contribution in [1.29, 1.82) is 0 Å². The summed E-state index contributed by atoms with van der Waals surface area (Å²) in [6.45, 7) is 7.92. The Morgan fingerprint density at radius 1 is 1.36 bits per heavy atom. The summed E-state index contributed by atoms with van der Waals surface area (Å²) in [7, 11) is 0. The maximum absolute atomic E-state index is 10.9. The molecule has 0 heterocycles. The molecule has 0 saturated heterocycles. The third kappa shape index (κ3) is 10.5. The van der Waals surface area contributed by atoms with Gasteiger partial charge in [-0.25, -0.2) is 0 Å². The van der Waals surface area contributed by atoms with Gasteiger partial charge in [-0.2, -0.15) is 0 Å². The molecule has 79 valence electrons. The molecule has 0 amide bonds. The van der Waals surface area contributed by atoms with Crippen LogP contribution in [0.3, 0.4) is 0 Å².